The fourth-order valence-corrected chi connectivity index (χ4v) is 3.11. The number of hydrogen-bond donors (Lipinski definition) is 3. The SMILES string of the molecule is CC(=O)Nc1c(C)cccc1[As](=O)(O)OO. The summed E-state index contributed by atoms with van der Waals surface area (Å²) >= 11 is -4.96. The molecule has 0 bridgehead atoms. The predicted molar refractivity (Wildman–Crippen MR) is 57.5 cm³/mol. The van der Waals surface area contributed by atoms with E-state index < -0.39 is 14.2 Å². The van der Waals surface area contributed by atoms with Crippen molar-refractivity contribution < 1.29 is 21.8 Å². The van der Waals surface area contributed by atoms with Gasteiger partial charge in [0.05, 0.1) is 0 Å². The van der Waals surface area contributed by atoms with Gasteiger partial charge in [-0.1, -0.05) is 0 Å². The molecule has 0 radical (unpaired) electrons. The van der Waals surface area contributed by atoms with E-state index >= 15 is 0 Å². The summed E-state index contributed by atoms with van der Waals surface area (Å²) in [5.74, 6) is -0.371. The van der Waals surface area contributed by atoms with Crippen LogP contribution in [-0.4, -0.2) is 29.4 Å². The van der Waals surface area contributed by atoms with E-state index in [0.717, 1.165) is 0 Å². The summed E-state index contributed by atoms with van der Waals surface area (Å²) in [5, 5.41) is 10.8. The number of para-hydroxylation sites is 1. The number of amides is 1. The predicted octanol–water partition coefficient (Wildman–Crippen LogP) is 0.0117. The Kier molecular flexibility index (Phi) is 3.93. The van der Waals surface area contributed by atoms with Crippen LogP contribution in [0.25, 0.3) is 0 Å². The van der Waals surface area contributed by atoms with Crippen molar-refractivity contribution in [2.24, 2.45) is 0 Å². The Morgan fingerprint density at radius 3 is 2.62 bits per heavy atom. The molecular weight excluding hydrogens is 277 g/mol. The summed E-state index contributed by atoms with van der Waals surface area (Å²) in [4.78, 5) is 11.0. The fraction of sp³-hybridized carbons (Fsp3) is 0.222. The van der Waals surface area contributed by atoms with Crippen molar-refractivity contribution in [3.8, 4) is 0 Å². The number of carbonyl (C=O) groups excluding carboxylic acids is 1. The molecule has 0 aliphatic heterocycles. The number of aryl methyl sites for hydroxylation is 1. The van der Waals surface area contributed by atoms with Crippen molar-refractivity contribution in [3.05, 3.63) is 23.8 Å². The molecular formula is C9H12AsNO5. The molecule has 16 heavy (non-hydrogen) atoms. The van der Waals surface area contributed by atoms with Crippen molar-refractivity contribution >= 4 is 30.1 Å². The Hall–Kier alpha value is -1.07. The average Bonchev–Trinajstić information content (AvgIpc) is 2.20. The molecule has 1 rings (SSSR count). The van der Waals surface area contributed by atoms with Crippen molar-refractivity contribution in [1.29, 1.82) is 0 Å². The molecule has 0 aliphatic rings. The molecule has 1 aromatic carbocycles. The third-order valence-electron chi connectivity index (χ3n) is 1.97. The third-order valence-corrected chi connectivity index (χ3v) is 4.49. The molecule has 0 heterocycles. The molecule has 0 saturated heterocycles. The maximum atomic E-state index is 11.5. The van der Waals surface area contributed by atoms with E-state index in [0.29, 0.717) is 5.56 Å². The van der Waals surface area contributed by atoms with Crippen LogP contribution in [-0.2, 0) is 12.4 Å². The molecule has 1 atom stereocenters. The second-order valence-corrected chi connectivity index (χ2v) is 6.79. The number of hydrogen-bond acceptors (Lipinski definition) is 4. The number of anilines is 1. The van der Waals surface area contributed by atoms with Gasteiger partial charge in [-0.2, -0.15) is 0 Å². The van der Waals surface area contributed by atoms with Crippen LogP contribution in [0.1, 0.15) is 12.5 Å². The molecule has 7 heteroatoms. The van der Waals surface area contributed by atoms with Crippen LogP contribution in [0, 0.1) is 6.92 Å². The third kappa shape index (κ3) is 2.74. The maximum absolute atomic E-state index is 11.5. The van der Waals surface area contributed by atoms with Crippen LogP contribution in [0.15, 0.2) is 18.2 Å². The van der Waals surface area contributed by atoms with Gasteiger partial charge in [0.15, 0.2) is 0 Å². The summed E-state index contributed by atoms with van der Waals surface area (Å²) in [6.07, 6.45) is 0. The van der Waals surface area contributed by atoms with Crippen LogP contribution >= 0.6 is 0 Å². The first-order chi connectivity index (χ1) is 7.38. The molecule has 1 unspecified atom stereocenters. The summed E-state index contributed by atoms with van der Waals surface area (Å²) in [6.45, 7) is 2.95. The van der Waals surface area contributed by atoms with Crippen molar-refractivity contribution in [1.82, 2.24) is 0 Å². The van der Waals surface area contributed by atoms with E-state index in [1.54, 1.807) is 19.1 Å². The quantitative estimate of drug-likeness (QED) is 0.414. The Labute approximate surface area is 95.2 Å². The zero-order valence-electron chi connectivity index (χ0n) is 8.80. The van der Waals surface area contributed by atoms with Crippen LogP contribution in [0.5, 0.6) is 0 Å². The summed E-state index contributed by atoms with van der Waals surface area (Å²) in [6, 6.07) is 4.54. The average molecular weight is 289 g/mol. The monoisotopic (exact) mass is 289 g/mol. The molecule has 0 aliphatic carbocycles. The van der Waals surface area contributed by atoms with Gasteiger partial charge in [-0.15, -0.1) is 0 Å². The van der Waals surface area contributed by atoms with Crippen LogP contribution in [0.2, 0.25) is 0 Å². The summed E-state index contributed by atoms with van der Waals surface area (Å²) in [5.41, 5.74) is 0.814. The summed E-state index contributed by atoms with van der Waals surface area (Å²) in [7, 11) is 0. The number of nitrogens with one attached hydrogen (secondary N) is 1. The second kappa shape index (κ2) is 4.84. The van der Waals surface area contributed by atoms with Gasteiger partial charge in [-0.3, -0.25) is 0 Å². The van der Waals surface area contributed by atoms with Gasteiger partial charge in [0, 0.05) is 0 Å². The Balaban J connectivity index is 3.34. The zero-order chi connectivity index (χ0) is 12.3. The van der Waals surface area contributed by atoms with Crippen LogP contribution < -0.4 is 9.67 Å². The zero-order valence-corrected chi connectivity index (χ0v) is 10.7. The first kappa shape index (κ1) is 13.0. The molecule has 1 amide bonds. The van der Waals surface area contributed by atoms with E-state index in [4.69, 9.17) is 5.26 Å². The number of carbonyl (C=O) groups is 1. The second-order valence-electron chi connectivity index (χ2n) is 3.25. The first-order valence-electron chi connectivity index (χ1n) is 4.42. The molecule has 3 N–H and O–H groups in total. The standard InChI is InChI=1S/C9H12AsNO5/c1-6-4-3-5-8(10(13,14)16-15)9(6)11-7(2)12/h3-5,15H,1-2H3,(H,11,12)(H,13,14). The van der Waals surface area contributed by atoms with E-state index in [1.807, 2.05) is 0 Å². The Bertz CT molecular complexity index is 459. The molecule has 0 fully saturated rings. The summed E-state index contributed by atoms with van der Waals surface area (Å²) < 4.78 is 24.5. The molecule has 1 aromatic rings. The molecule has 6 nitrogen and oxygen atoms in total. The van der Waals surface area contributed by atoms with Gasteiger partial charge in [0.1, 0.15) is 0 Å². The minimum atomic E-state index is -4.96. The molecule has 0 aromatic heterocycles. The van der Waals surface area contributed by atoms with E-state index in [1.165, 1.54) is 13.0 Å². The van der Waals surface area contributed by atoms with Gasteiger partial charge in [0.2, 0.25) is 0 Å². The van der Waals surface area contributed by atoms with Gasteiger partial charge in [0.25, 0.3) is 0 Å². The van der Waals surface area contributed by atoms with E-state index in [2.05, 4.69) is 9.19 Å². The normalized spacial score (nSPS) is 14.2. The Morgan fingerprint density at radius 1 is 1.50 bits per heavy atom. The molecule has 0 spiro atoms. The van der Waals surface area contributed by atoms with Crippen molar-refractivity contribution in [2.75, 3.05) is 5.32 Å². The van der Waals surface area contributed by atoms with Gasteiger partial charge < -0.3 is 0 Å². The number of benzene rings is 1. The fourth-order valence-electron chi connectivity index (χ4n) is 1.27. The Morgan fingerprint density at radius 2 is 2.12 bits per heavy atom. The van der Waals surface area contributed by atoms with Gasteiger partial charge >= 0.3 is 94.8 Å². The minimum absolute atomic E-state index is 0.0872. The molecule has 0 saturated carbocycles. The topological polar surface area (TPSA) is 95.9 Å². The molecule has 88 valence electrons. The first-order valence-corrected chi connectivity index (χ1v) is 7.73. The van der Waals surface area contributed by atoms with Crippen LogP contribution in [0.4, 0.5) is 5.69 Å². The van der Waals surface area contributed by atoms with Crippen molar-refractivity contribution in [2.45, 2.75) is 13.8 Å². The van der Waals surface area contributed by atoms with Gasteiger partial charge in [-0.25, -0.2) is 0 Å². The van der Waals surface area contributed by atoms with Gasteiger partial charge in [-0.05, 0) is 0 Å². The van der Waals surface area contributed by atoms with Crippen LogP contribution in [0.3, 0.4) is 0 Å². The van der Waals surface area contributed by atoms with Crippen molar-refractivity contribution in [3.63, 3.8) is 0 Å². The van der Waals surface area contributed by atoms with E-state index in [-0.39, 0.29) is 15.9 Å². The van der Waals surface area contributed by atoms with E-state index in [9.17, 15) is 12.6 Å². The number of rotatable bonds is 3.